The van der Waals surface area contributed by atoms with E-state index in [4.69, 9.17) is 16.3 Å². The summed E-state index contributed by atoms with van der Waals surface area (Å²) in [6.07, 6.45) is -0.157. The van der Waals surface area contributed by atoms with Gasteiger partial charge in [-0.25, -0.2) is 0 Å². The van der Waals surface area contributed by atoms with E-state index in [9.17, 15) is 0 Å². The van der Waals surface area contributed by atoms with Gasteiger partial charge in [0.25, 0.3) is 0 Å². The van der Waals surface area contributed by atoms with Gasteiger partial charge in [-0.1, -0.05) is 41.7 Å². The zero-order chi connectivity index (χ0) is 11.4. The molecule has 0 saturated heterocycles. The van der Waals surface area contributed by atoms with Crippen LogP contribution in [0.25, 0.3) is 0 Å². The molecule has 0 aliphatic heterocycles. The number of rotatable bonds is 4. The van der Waals surface area contributed by atoms with Crippen LogP contribution in [0.2, 0.25) is 0 Å². The van der Waals surface area contributed by atoms with Gasteiger partial charge in [-0.3, -0.25) is 0 Å². The lowest BCUT2D eigenvalue weighted by molar-refractivity contribution is 0.135. The fourth-order valence-corrected chi connectivity index (χ4v) is 2.45. The molecule has 0 fully saturated rings. The van der Waals surface area contributed by atoms with E-state index < -0.39 is 0 Å². The third kappa shape index (κ3) is 2.40. The van der Waals surface area contributed by atoms with Gasteiger partial charge < -0.3 is 4.74 Å². The summed E-state index contributed by atoms with van der Waals surface area (Å²) < 4.78 is 5.45. The van der Waals surface area contributed by atoms with Gasteiger partial charge in [-0.05, 0) is 5.56 Å². The first-order valence-corrected chi connectivity index (χ1v) is 6.16. The fourth-order valence-electron chi connectivity index (χ4n) is 1.43. The summed E-state index contributed by atoms with van der Waals surface area (Å²) in [5.74, 6) is 0.392. The van der Waals surface area contributed by atoms with Crippen LogP contribution in [-0.4, -0.2) is 17.3 Å². The standard InChI is InChI=1S/C11H11ClN2OS/c1-15-10(8-5-3-2-4-6-8)11-14-13-9(7-12)16-11/h2-6,10H,7H2,1H3. The van der Waals surface area contributed by atoms with Gasteiger partial charge in [-0.2, -0.15) is 0 Å². The van der Waals surface area contributed by atoms with Crippen molar-refractivity contribution >= 4 is 22.9 Å². The van der Waals surface area contributed by atoms with Crippen molar-refractivity contribution in [3.8, 4) is 0 Å². The highest BCUT2D eigenvalue weighted by atomic mass is 35.5. The predicted molar refractivity (Wildman–Crippen MR) is 64.8 cm³/mol. The molecule has 1 aromatic heterocycles. The summed E-state index contributed by atoms with van der Waals surface area (Å²) in [5, 5.41) is 9.73. The van der Waals surface area contributed by atoms with E-state index in [0.29, 0.717) is 5.88 Å². The van der Waals surface area contributed by atoms with Crippen molar-refractivity contribution in [2.24, 2.45) is 0 Å². The number of ether oxygens (including phenoxy) is 1. The Morgan fingerprint density at radius 3 is 2.62 bits per heavy atom. The van der Waals surface area contributed by atoms with Gasteiger partial charge in [0.1, 0.15) is 11.1 Å². The molecule has 0 bridgehead atoms. The van der Waals surface area contributed by atoms with Crippen LogP contribution in [0.3, 0.4) is 0 Å². The highest BCUT2D eigenvalue weighted by molar-refractivity contribution is 7.11. The molecule has 0 aliphatic carbocycles. The second kappa shape index (κ2) is 5.39. The van der Waals surface area contributed by atoms with Crippen LogP contribution in [0, 0.1) is 0 Å². The molecule has 0 N–H and O–H groups in total. The van der Waals surface area contributed by atoms with Crippen molar-refractivity contribution in [3.05, 3.63) is 45.9 Å². The number of hydrogen-bond acceptors (Lipinski definition) is 4. The first-order chi connectivity index (χ1) is 7.85. The molecule has 0 saturated carbocycles. The minimum Gasteiger partial charge on any atom is -0.369 e. The van der Waals surface area contributed by atoms with E-state index in [1.54, 1.807) is 7.11 Å². The molecule has 0 aliphatic rings. The van der Waals surface area contributed by atoms with Crippen molar-refractivity contribution in [2.45, 2.75) is 12.0 Å². The van der Waals surface area contributed by atoms with E-state index in [1.807, 2.05) is 30.3 Å². The molecule has 1 aromatic carbocycles. The van der Waals surface area contributed by atoms with Crippen LogP contribution < -0.4 is 0 Å². The number of halogens is 1. The summed E-state index contributed by atoms with van der Waals surface area (Å²) in [5.41, 5.74) is 1.07. The second-order valence-electron chi connectivity index (χ2n) is 3.19. The number of benzene rings is 1. The minimum atomic E-state index is -0.157. The van der Waals surface area contributed by atoms with Crippen LogP contribution in [0.15, 0.2) is 30.3 Å². The van der Waals surface area contributed by atoms with E-state index in [-0.39, 0.29) is 6.10 Å². The smallest absolute Gasteiger partial charge is 0.151 e. The Bertz CT molecular complexity index is 446. The monoisotopic (exact) mass is 254 g/mol. The average Bonchev–Trinajstić information content (AvgIpc) is 2.80. The lowest BCUT2D eigenvalue weighted by atomic mass is 10.1. The second-order valence-corrected chi connectivity index (χ2v) is 4.56. The summed E-state index contributed by atoms with van der Waals surface area (Å²) in [6, 6.07) is 9.95. The Morgan fingerprint density at radius 1 is 1.31 bits per heavy atom. The first-order valence-electron chi connectivity index (χ1n) is 4.81. The molecule has 1 heterocycles. The Kier molecular flexibility index (Phi) is 3.88. The predicted octanol–water partition coefficient (Wildman–Crippen LogP) is 3.01. The minimum absolute atomic E-state index is 0.157. The summed E-state index contributed by atoms with van der Waals surface area (Å²) in [6.45, 7) is 0. The zero-order valence-corrected chi connectivity index (χ0v) is 10.3. The molecule has 0 amide bonds. The maximum atomic E-state index is 5.70. The Hall–Kier alpha value is -0.970. The summed E-state index contributed by atoms with van der Waals surface area (Å²) >= 11 is 7.18. The lowest BCUT2D eigenvalue weighted by Gasteiger charge is -2.11. The molecule has 0 radical (unpaired) electrons. The van der Waals surface area contributed by atoms with Crippen LogP contribution in [0.5, 0.6) is 0 Å². The van der Waals surface area contributed by atoms with Gasteiger partial charge in [0, 0.05) is 7.11 Å². The molecule has 0 spiro atoms. The van der Waals surface area contributed by atoms with E-state index in [0.717, 1.165) is 15.6 Å². The van der Waals surface area contributed by atoms with E-state index >= 15 is 0 Å². The number of hydrogen-bond donors (Lipinski definition) is 0. The quantitative estimate of drug-likeness (QED) is 0.787. The molecule has 16 heavy (non-hydrogen) atoms. The van der Waals surface area contributed by atoms with Gasteiger partial charge >= 0.3 is 0 Å². The number of alkyl halides is 1. The summed E-state index contributed by atoms with van der Waals surface area (Å²) in [4.78, 5) is 0. The average molecular weight is 255 g/mol. The molecule has 5 heteroatoms. The SMILES string of the molecule is COC(c1ccccc1)c1nnc(CCl)s1. The molecule has 2 rings (SSSR count). The van der Waals surface area contributed by atoms with Crippen molar-refractivity contribution < 1.29 is 4.74 Å². The third-order valence-electron chi connectivity index (χ3n) is 2.16. The van der Waals surface area contributed by atoms with Crippen LogP contribution in [-0.2, 0) is 10.6 Å². The largest absolute Gasteiger partial charge is 0.369 e. The third-order valence-corrected chi connectivity index (χ3v) is 3.54. The van der Waals surface area contributed by atoms with Gasteiger partial charge in [-0.15, -0.1) is 21.8 Å². The number of aromatic nitrogens is 2. The fraction of sp³-hybridized carbons (Fsp3) is 0.273. The highest BCUT2D eigenvalue weighted by Crippen LogP contribution is 2.27. The summed E-state index contributed by atoms with van der Waals surface area (Å²) in [7, 11) is 1.67. The Labute approximate surface area is 103 Å². The van der Waals surface area contributed by atoms with Crippen LogP contribution in [0.4, 0.5) is 0 Å². The molecule has 2 aromatic rings. The first kappa shape index (κ1) is 11.5. The number of nitrogens with zero attached hydrogens (tertiary/aromatic N) is 2. The molecule has 84 valence electrons. The van der Waals surface area contributed by atoms with Gasteiger partial charge in [0.05, 0.1) is 5.88 Å². The molecule has 3 nitrogen and oxygen atoms in total. The van der Waals surface area contributed by atoms with Crippen molar-refractivity contribution in [3.63, 3.8) is 0 Å². The molecule has 1 unspecified atom stereocenters. The van der Waals surface area contributed by atoms with Crippen molar-refractivity contribution in [2.75, 3.05) is 7.11 Å². The maximum Gasteiger partial charge on any atom is 0.151 e. The van der Waals surface area contributed by atoms with E-state index in [2.05, 4.69) is 10.2 Å². The number of methoxy groups -OCH3 is 1. The Balaban J connectivity index is 2.29. The van der Waals surface area contributed by atoms with Crippen molar-refractivity contribution in [1.82, 2.24) is 10.2 Å². The Morgan fingerprint density at radius 2 is 2.06 bits per heavy atom. The van der Waals surface area contributed by atoms with Gasteiger partial charge in [0.15, 0.2) is 5.01 Å². The van der Waals surface area contributed by atoms with Gasteiger partial charge in [0.2, 0.25) is 0 Å². The normalized spacial score (nSPS) is 12.6. The molecule has 1 atom stereocenters. The van der Waals surface area contributed by atoms with Crippen molar-refractivity contribution in [1.29, 1.82) is 0 Å². The molecular formula is C11H11ClN2OS. The van der Waals surface area contributed by atoms with Crippen LogP contribution >= 0.6 is 22.9 Å². The highest BCUT2D eigenvalue weighted by Gasteiger charge is 2.17. The van der Waals surface area contributed by atoms with Crippen LogP contribution in [0.1, 0.15) is 21.7 Å². The maximum absolute atomic E-state index is 5.70. The topological polar surface area (TPSA) is 35.0 Å². The van der Waals surface area contributed by atoms with E-state index in [1.165, 1.54) is 11.3 Å². The zero-order valence-electron chi connectivity index (χ0n) is 8.76. The molecular weight excluding hydrogens is 244 g/mol. The lowest BCUT2D eigenvalue weighted by Crippen LogP contribution is -2.02.